The van der Waals surface area contributed by atoms with Gasteiger partial charge in [-0.15, -0.1) is 11.8 Å². The fourth-order valence-corrected chi connectivity index (χ4v) is 5.28. The number of hydrogen-bond acceptors (Lipinski definition) is 8. The van der Waals surface area contributed by atoms with Crippen molar-refractivity contribution in [2.24, 2.45) is 0 Å². The molecule has 3 aliphatic rings. The molecule has 34 heavy (non-hydrogen) atoms. The topological polar surface area (TPSA) is 110 Å². The lowest BCUT2D eigenvalue weighted by atomic mass is 9.97. The number of fused-ring (bicyclic) bond motifs is 2. The zero-order valence-corrected chi connectivity index (χ0v) is 20.6. The van der Waals surface area contributed by atoms with Gasteiger partial charge < -0.3 is 14.4 Å². The molecule has 0 N–H and O–H groups in total. The number of β-lactam (4-membered cyclic amide) rings is 1. The molecule has 0 aromatic heterocycles. The van der Waals surface area contributed by atoms with Gasteiger partial charge in [-0.2, -0.15) is 0 Å². The van der Waals surface area contributed by atoms with E-state index in [1.54, 1.807) is 24.5 Å². The third-order valence-corrected chi connectivity index (χ3v) is 6.96. The predicted octanol–water partition coefficient (Wildman–Crippen LogP) is 2.69. The molecule has 3 atom stereocenters. The fourth-order valence-electron chi connectivity index (χ4n) is 3.86. The second-order valence-corrected chi connectivity index (χ2v) is 11.1. The minimum absolute atomic E-state index is 0.121. The summed E-state index contributed by atoms with van der Waals surface area (Å²) in [6.07, 6.45) is 0.121. The summed E-state index contributed by atoms with van der Waals surface area (Å²) in [5, 5.41) is 0.814. The third kappa shape index (κ3) is 4.39. The van der Waals surface area contributed by atoms with Crippen LogP contribution in [0, 0.1) is 0 Å². The van der Waals surface area contributed by atoms with Crippen LogP contribution in [0.4, 0.5) is 0 Å². The van der Waals surface area contributed by atoms with Crippen molar-refractivity contribution in [1.82, 2.24) is 9.80 Å². The molecule has 13 heteroatoms. The maximum Gasteiger partial charge on any atom is 0.333 e. The van der Waals surface area contributed by atoms with Crippen LogP contribution in [0.2, 0.25) is 0 Å². The van der Waals surface area contributed by atoms with Crippen molar-refractivity contribution in [3.63, 3.8) is 0 Å². The third-order valence-electron chi connectivity index (χ3n) is 5.43. The molecule has 1 fully saturated rings. The van der Waals surface area contributed by atoms with Crippen molar-refractivity contribution in [2.75, 3.05) is 13.2 Å². The normalized spacial score (nSPS) is 23.7. The summed E-state index contributed by atoms with van der Waals surface area (Å²) in [4.78, 5) is 65.6. The highest BCUT2D eigenvalue weighted by molar-refractivity contribution is 8.03. The molecule has 3 aliphatic heterocycles. The molecule has 0 bridgehead atoms. The van der Waals surface area contributed by atoms with Crippen LogP contribution in [0.1, 0.15) is 34.1 Å². The summed E-state index contributed by atoms with van der Waals surface area (Å²) < 4.78 is 8.36. The number of halogens is 3. The lowest BCUT2D eigenvalue weighted by Crippen LogP contribution is -2.74. The zero-order chi connectivity index (χ0) is 24.8. The monoisotopic (exact) mass is 546 g/mol. The predicted molar refractivity (Wildman–Crippen MR) is 123 cm³/mol. The Morgan fingerprint density at radius 3 is 2.24 bits per heavy atom. The molecule has 1 saturated heterocycles. The standard InChI is InChI=1S/C21H17Cl3N2O7S/c1-2-13(27)32-7-10-8-34-19-15(25-16(28)11-5-3-4-6-12(11)17(25)29)18(30)26(19)14(10)20(31)33-9-21(22,23)24/h3-6,8,14-15,19H,2,7,9H2,1H3/t14?,15?,19-/m0/s1. The molecule has 0 saturated carbocycles. The first-order valence-electron chi connectivity index (χ1n) is 10.1. The first-order valence-corrected chi connectivity index (χ1v) is 12.1. The average molecular weight is 548 g/mol. The van der Waals surface area contributed by atoms with Crippen LogP contribution in [-0.2, 0) is 23.9 Å². The molecule has 2 unspecified atom stereocenters. The highest BCUT2D eigenvalue weighted by Gasteiger charge is 2.61. The molecule has 0 spiro atoms. The largest absolute Gasteiger partial charge is 0.461 e. The van der Waals surface area contributed by atoms with E-state index in [1.807, 2.05) is 0 Å². The molecular weight excluding hydrogens is 531 g/mol. The molecule has 0 radical (unpaired) electrons. The lowest BCUT2D eigenvalue weighted by molar-refractivity contribution is -0.165. The summed E-state index contributed by atoms with van der Waals surface area (Å²) in [5.74, 6) is -3.19. The minimum Gasteiger partial charge on any atom is -0.461 e. The van der Waals surface area contributed by atoms with Gasteiger partial charge in [-0.25, -0.2) is 4.79 Å². The van der Waals surface area contributed by atoms with Gasteiger partial charge in [0.2, 0.25) is 3.79 Å². The Kier molecular flexibility index (Phi) is 6.87. The van der Waals surface area contributed by atoms with Crippen LogP contribution in [0.25, 0.3) is 0 Å². The van der Waals surface area contributed by atoms with Gasteiger partial charge in [0.1, 0.15) is 24.6 Å². The number of esters is 2. The highest BCUT2D eigenvalue weighted by Crippen LogP contribution is 2.44. The van der Waals surface area contributed by atoms with Crippen LogP contribution in [-0.4, -0.2) is 73.9 Å². The first-order chi connectivity index (χ1) is 16.0. The molecule has 180 valence electrons. The fraction of sp³-hybridized carbons (Fsp3) is 0.381. The second kappa shape index (κ2) is 9.41. The lowest BCUT2D eigenvalue weighted by Gasteiger charge is -2.53. The number of hydrogen-bond donors (Lipinski definition) is 0. The van der Waals surface area contributed by atoms with E-state index < -0.39 is 57.5 Å². The number of amides is 3. The van der Waals surface area contributed by atoms with Crippen molar-refractivity contribution in [3.05, 3.63) is 46.4 Å². The van der Waals surface area contributed by atoms with E-state index in [-0.39, 0.29) is 29.7 Å². The molecule has 1 aromatic carbocycles. The smallest absolute Gasteiger partial charge is 0.333 e. The number of carbonyl (C=O) groups is 5. The van der Waals surface area contributed by atoms with E-state index >= 15 is 0 Å². The Labute approximate surface area is 213 Å². The maximum absolute atomic E-state index is 13.2. The van der Waals surface area contributed by atoms with E-state index in [1.165, 1.54) is 17.0 Å². The van der Waals surface area contributed by atoms with Crippen LogP contribution in [0.5, 0.6) is 0 Å². The van der Waals surface area contributed by atoms with Crippen LogP contribution in [0.15, 0.2) is 35.2 Å². The number of carbonyl (C=O) groups excluding carboxylic acids is 5. The Balaban J connectivity index is 1.60. The van der Waals surface area contributed by atoms with Gasteiger partial charge in [-0.3, -0.25) is 24.1 Å². The van der Waals surface area contributed by atoms with Gasteiger partial charge in [0, 0.05) is 12.0 Å². The van der Waals surface area contributed by atoms with Crippen molar-refractivity contribution >= 4 is 76.2 Å². The van der Waals surface area contributed by atoms with E-state index in [4.69, 9.17) is 44.3 Å². The second-order valence-electron chi connectivity index (χ2n) is 7.58. The number of imide groups is 1. The Morgan fingerprint density at radius 2 is 1.68 bits per heavy atom. The molecule has 3 heterocycles. The zero-order valence-electron chi connectivity index (χ0n) is 17.5. The Morgan fingerprint density at radius 1 is 1.06 bits per heavy atom. The Bertz CT molecular complexity index is 1080. The molecule has 9 nitrogen and oxygen atoms in total. The SMILES string of the molecule is CCC(=O)OCC1=CS[C@H]2C(N3C(=O)c4ccccc4C3=O)C(=O)N2C1C(=O)OCC(Cl)(Cl)Cl. The van der Waals surface area contributed by atoms with Gasteiger partial charge in [-0.1, -0.05) is 53.9 Å². The van der Waals surface area contributed by atoms with Crippen molar-refractivity contribution in [1.29, 1.82) is 0 Å². The molecular formula is C21H17Cl3N2O7S. The quantitative estimate of drug-likeness (QED) is 0.231. The maximum atomic E-state index is 13.2. The number of alkyl halides is 3. The van der Waals surface area contributed by atoms with Crippen LogP contribution >= 0.6 is 46.6 Å². The number of benzene rings is 1. The molecule has 0 aliphatic carbocycles. The number of rotatable bonds is 6. The van der Waals surface area contributed by atoms with Crippen LogP contribution < -0.4 is 0 Å². The highest BCUT2D eigenvalue weighted by atomic mass is 35.6. The first kappa shape index (κ1) is 24.8. The number of thioether (sulfide) groups is 1. The van der Waals surface area contributed by atoms with E-state index in [0.717, 1.165) is 16.7 Å². The summed E-state index contributed by atoms with van der Waals surface area (Å²) in [6, 6.07) is 3.89. The van der Waals surface area contributed by atoms with Crippen LogP contribution in [0.3, 0.4) is 0 Å². The van der Waals surface area contributed by atoms with Gasteiger partial charge in [0.15, 0.2) is 6.04 Å². The minimum atomic E-state index is -1.88. The van der Waals surface area contributed by atoms with Gasteiger partial charge in [-0.05, 0) is 17.5 Å². The number of nitrogens with zero attached hydrogens (tertiary/aromatic N) is 2. The molecule has 1 aromatic rings. The van der Waals surface area contributed by atoms with E-state index in [9.17, 15) is 24.0 Å². The summed E-state index contributed by atoms with van der Waals surface area (Å²) in [6.45, 7) is 0.777. The summed E-state index contributed by atoms with van der Waals surface area (Å²) in [5.41, 5.74) is 0.702. The molecule has 4 rings (SSSR count). The van der Waals surface area contributed by atoms with Gasteiger partial charge >= 0.3 is 11.9 Å². The van der Waals surface area contributed by atoms with Gasteiger partial charge in [0.25, 0.3) is 17.7 Å². The van der Waals surface area contributed by atoms with Gasteiger partial charge in [0.05, 0.1) is 11.1 Å². The average Bonchev–Trinajstić information content (AvgIpc) is 3.05. The molecule has 3 amide bonds. The number of ether oxygens (including phenoxy) is 2. The summed E-state index contributed by atoms with van der Waals surface area (Å²) >= 11 is 18.1. The van der Waals surface area contributed by atoms with E-state index in [2.05, 4.69) is 0 Å². The Hall–Kier alpha value is -2.27. The van der Waals surface area contributed by atoms with Crippen molar-refractivity contribution in [3.8, 4) is 0 Å². The van der Waals surface area contributed by atoms with Crippen molar-refractivity contribution in [2.45, 2.75) is 34.6 Å². The van der Waals surface area contributed by atoms with E-state index in [0.29, 0.717) is 0 Å². The van der Waals surface area contributed by atoms with Crippen molar-refractivity contribution < 1.29 is 33.4 Å². The summed E-state index contributed by atoms with van der Waals surface area (Å²) in [7, 11) is 0.